The molecule has 0 aliphatic rings. The normalized spacial score (nSPS) is 11.6. The van der Waals surface area contributed by atoms with Crippen LogP contribution in [0.3, 0.4) is 0 Å². The first-order valence-electron chi connectivity index (χ1n) is 8.94. The summed E-state index contributed by atoms with van der Waals surface area (Å²) in [6.45, 7) is 2.99. The number of ether oxygens (including phenoxy) is 1. The summed E-state index contributed by atoms with van der Waals surface area (Å²) in [6.07, 6.45) is 0.740. The van der Waals surface area contributed by atoms with Crippen LogP contribution in [0.2, 0.25) is 0 Å². The molecule has 0 bridgehead atoms. The van der Waals surface area contributed by atoms with Gasteiger partial charge in [0.2, 0.25) is 5.91 Å². The van der Waals surface area contributed by atoms with Crippen LogP contribution >= 0.6 is 11.8 Å². The summed E-state index contributed by atoms with van der Waals surface area (Å²) in [5, 5.41) is 5.50. The lowest BCUT2D eigenvalue weighted by Crippen LogP contribution is -2.28. The van der Waals surface area contributed by atoms with Gasteiger partial charge in [0, 0.05) is 26.0 Å². The second-order valence-corrected chi connectivity index (χ2v) is 7.41. The zero-order valence-electron chi connectivity index (χ0n) is 15.7. The quantitative estimate of drug-likeness (QED) is 0.611. The van der Waals surface area contributed by atoms with E-state index in [0.717, 1.165) is 12.2 Å². The van der Waals surface area contributed by atoms with Crippen molar-refractivity contribution in [2.24, 2.45) is 0 Å². The number of anilines is 1. The molecule has 5 nitrogen and oxygen atoms in total. The molecule has 27 heavy (non-hydrogen) atoms. The molecule has 0 saturated heterocycles. The van der Waals surface area contributed by atoms with E-state index < -0.39 is 0 Å². The van der Waals surface area contributed by atoms with Gasteiger partial charge in [-0.15, -0.1) is 11.8 Å². The van der Waals surface area contributed by atoms with Crippen molar-refractivity contribution in [1.29, 1.82) is 0 Å². The lowest BCUT2D eigenvalue weighted by atomic mass is 10.1. The predicted octanol–water partition coefficient (Wildman–Crippen LogP) is 3.71. The Hall–Kier alpha value is -2.31. The average molecular weight is 387 g/mol. The van der Waals surface area contributed by atoms with Crippen molar-refractivity contribution >= 4 is 29.3 Å². The van der Waals surface area contributed by atoms with Gasteiger partial charge in [-0.25, -0.2) is 0 Å². The van der Waals surface area contributed by atoms with E-state index in [1.54, 1.807) is 43.1 Å². The molecule has 0 radical (unpaired) electrons. The van der Waals surface area contributed by atoms with Crippen LogP contribution in [0, 0.1) is 0 Å². The molecule has 2 amide bonds. The Labute approximate surface area is 164 Å². The molecule has 0 spiro atoms. The largest absolute Gasteiger partial charge is 0.385 e. The van der Waals surface area contributed by atoms with Crippen LogP contribution in [-0.2, 0) is 15.3 Å². The summed E-state index contributed by atoms with van der Waals surface area (Å²) >= 11 is 1.56. The minimum atomic E-state index is -0.233. The fourth-order valence-electron chi connectivity index (χ4n) is 2.41. The molecule has 2 N–H and O–H groups in total. The van der Waals surface area contributed by atoms with E-state index in [-0.39, 0.29) is 17.1 Å². The van der Waals surface area contributed by atoms with Crippen molar-refractivity contribution in [2.45, 2.75) is 24.3 Å². The third kappa shape index (κ3) is 7.07. The Morgan fingerprint density at radius 1 is 1.07 bits per heavy atom. The smallest absolute Gasteiger partial charge is 0.253 e. The Morgan fingerprint density at radius 3 is 2.52 bits per heavy atom. The predicted molar refractivity (Wildman–Crippen MR) is 111 cm³/mol. The highest BCUT2D eigenvalue weighted by atomic mass is 32.2. The second-order valence-electron chi connectivity index (χ2n) is 6.08. The maximum absolute atomic E-state index is 12.5. The molecule has 0 saturated carbocycles. The van der Waals surface area contributed by atoms with E-state index in [0.29, 0.717) is 24.4 Å². The highest BCUT2D eigenvalue weighted by Gasteiger charge is 2.17. The van der Waals surface area contributed by atoms with Crippen LogP contribution in [0.4, 0.5) is 5.69 Å². The van der Waals surface area contributed by atoms with E-state index in [4.69, 9.17) is 4.74 Å². The number of benzene rings is 2. The molecule has 2 aromatic rings. The zero-order valence-corrected chi connectivity index (χ0v) is 16.6. The second kappa shape index (κ2) is 11.4. The summed E-state index contributed by atoms with van der Waals surface area (Å²) in [5.41, 5.74) is 2.17. The number of rotatable bonds is 10. The van der Waals surface area contributed by atoms with Gasteiger partial charge in [0.15, 0.2) is 0 Å². The first-order valence-corrected chi connectivity index (χ1v) is 9.99. The summed E-state index contributed by atoms with van der Waals surface area (Å²) < 4.78 is 4.98. The molecule has 0 aliphatic heterocycles. The van der Waals surface area contributed by atoms with Gasteiger partial charge in [-0.1, -0.05) is 42.5 Å². The van der Waals surface area contributed by atoms with E-state index >= 15 is 0 Å². The monoisotopic (exact) mass is 386 g/mol. The lowest BCUT2D eigenvalue weighted by molar-refractivity contribution is -0.115. The number of hydrogen-bond acceptors (Lipinski definition) is 4. The number of thioether (sulfide) groups is 1. The van der Waals surface area contributed by atoms with Gasteiger partial charge in [-0.05, 0) is 31.0 Å². The maximum Gasteiger partial charge on any atom is 0.253 e. The molecular weight excluding hydrogens is 360 g/mol. The van der Waals surface area contributed by atoms with E-state index in [1.807, 2.05) is 37.3 Å². The van der Waals surface area contributed by atoms with Crippen LogP contribution in [-0.4, -0.2) is 37.3 Å². The first-order chi connectivity index (χ1) is 13.1. The van der Waals surface area contributed by atoms with Crippen LogP contribution in [0.1, 0.15) is 29.3 Å². The molecule has 0 unspecified atom stereocenters. The highest BCUT2D eigenvalue weighted by Crippen LogP contribution is 2.21. The number of carbonyl (C=O) groups excluding carboxylic acids is 2. The number of para-hydroxylation sites is 1. The fourth-order valence-corrected chi connectivity index (χ4v) is 3.25. The molecule has 0 aromatic heterocycles. The van der Waals surface area contributed by atoms with Crippen molar-refractivity contribution in [3.05, 3.63) is 65.7 Å². The van der Waals surface area contributed by atoms with Crippen molar-refractivity contribution in [2.75, 3.05) is 25.6 Å². The highest BCUT2D eigenvalue weighted by molar-refractivity contribution is 7.99. The Morgan fingerprint density at radius 2 is 1.78 bits per heavy atom. The molecule has 144 valence electrons. The molecule has 0 fully saturated rings. The Balaban J connectivity index is 1.91. The standard InChI is InChI=1S/C21H26N2O3S/c1-16(27-15-17-9-4-3-5-10-17)20(24)23-19-12-7-6-11-18(19)21(25)22-13-8-14-26-2/h3-7,9-12,16H,8,13-15H2,1-2H3,(H,22,25)(H,23,24)/t16-/m1/s1. The van der Waals surface area contributed by atoms with Crippen molar-refractivity contribution in [1.82, 2.24) is 5.32 Å². The molecule has 1 atom stereocenters. The maximum atomic E-state index is 12.5. The third-order valence-electron chi connectivity index (χ3n) is 3.95. The number of methoxy groups -OCH3 is 1. The number of hydrogen-bond donors (Lipinski definition) is 2. The minimum absolute atomic E-state index is 0.115. The minimum Gasteiger partial charge on any atom is -0.385 e. The van der Waals surface area contributed by atoms with Gasteiger partial charge < -0.3 is 15.4 Å². The van der Waals surface area contributed by atoms with E-state index in [1.165, 1.54) is 5.56 Å². The summed E-state index contributed by atoms with van der Waals surface area (Å²) in [5.74, 6) is 0.444. The number of carbonyl (C=O) groups is 2. The number of nitrogens with one attached hydrogen (secondary N) is 2. The van der Waals surface area contributed by atoms with Crippen LogP contribution < -0.4 is 10.6 Å². The Bertz CT molecular complexity index is 737. The van der Waals surface area contributed by atoms with Crippen molar-refractivity contribution < 1.29 is 14.3 Å². The van der Waals surface area contributed by atoms with Gasteiger partial charge in [-0.3, -0.25) is 9.59 Å². The summed E-state index contributed by atoms with van der Waals surface area (Å²) in [7, 11) is 1.63. The average Bonchev–Trinajstić information content (AvgIpc) is 2.70. The lowest BCUT2D eigenvalue weighted by Gasteiger charge is -2.15. The van der Waals surface area contributed by atoms with Gasteiger partial charge >= 0.3 is 0 Å². The van der Waals surface area contributed by atoms with Gasteiger partial charge in [0.05, 0.1) is 16.5 Å². The molecule has 2 aromatic carbocycles. The number of amides is 2. The van der Waals surface area contributed by atoms with Crippen LogP contribution in [0.15, 0.2) is 54.6 Å². The van der Waals surface area contributed by atoms with Crippen LogP contribution in [0.25, 0.3) is 0 Å². The van der Waals surface area contributed by atoms with Gasteiger partial charge in [0.1, 0.15) is 0 Å². The van der Waals surface area contributed by atoms with E-state index in [9.17, 15) is 9.59 Å². The third-order valence-corrected chi connectivity index (χ3v) is 5.17. The SMILES string of the molecule is COCCCNC(=O)c1ccccc1NC(=O)[C@@H](C)SCc1ccccc1. The summed E-state index contributed by atoms with van der Waals surface area (Å²) in [4.78, 5) is 24.9. The van der Waals surface area contributed by atoms with Crippen molar-refractivity contribution in [3.63, 3.8) is 0 Å². The zero-order chi connectivity index (χ0) is 19.5. The molecule has 2 rings (SSSR count). The van der Waals surface area contributed by atoms with E-state index in [2.05, 4.69) is 10.6 Å². The van der Waals surface area contributed by atoms with Gasteiger partial charge in [0.25, 0.3) is 5.91 Å². The first kappa shape index (κ1) is 21.0. The van der Waals surface area contributed by atoms with Crippen molar-refractivity contribution in [3.8, 4) is 0 Å². The molecule has 6 heteroatoms. The molecular formula is C21H26N2O3S. The fraction of sp³-hybridized carbons (Fsp3) is 0.333. The van der Waals surface area contributed by atoms with Gasteiger partial charge in [-0.2, -0.15) is 0 Å². The Kier molecular flexibility index (Phi) is 8.87. The summed E-state index contributed by atoms with van der Waals surface area (Å²) in [6, 6.07) is 17.1. The molecule has 0 heterocycles. The van der Waals surface area contributed by atoms with Crippen LogP contribution in [0.5, 0.6) is 0 Å². The topological polar surface area (TPSA) is 67.4 Å². The molecule has 0 aliphatic carbocycles.